The lowest BCUT2D eigenvalue weighted by atomic mass is 9.86. The van der Waals surface area contributed by atoms with E-state index >= 15 is 0 Å². The Kier molecular flexibility index (Phi) is 5.25. The molecule has 0 saturated carbocycles. The minimum Gasteiger partial charge on any atom is -0.135 e. The highest BCUT2D eigenvalue weighted by Crippen LogP contribution is 2.45. The number of hydrogen-bond acceptors (Lipinski definition) is 1. The molecule has 10 rings (SSSR count). The van der Waals surface area contributed by atoms with Crippen LogP contribution in [0.4, 0.5) is 0 Å². The first-order valence-electron chi connectivity index (χ1n) is 15.5. The van der Waals surface area contributed by atoms with Crippen LogP contribution in [0.3, 0.4) is 0 Å². The van der Waals surface area contributed by atoms with E-state index in [9.17, 15) is 0 Å². The van der Waals surface area contributed by atoms with Crippen molar-refractivity contribution in [3.8, 4) is 22.3 Å². The van der Waals surface area contributed by atoms with E-state index in [0.717, 1.165) is 0 Å². The van der Waals surface area contributed by atoms with E-state index in [2.05, 4.69) is 158 Å². The van der Waals surface area contributed by atoms with Gasteiger partial charge < -0.3 is 0 Å². The van der Waals surface area contributed by atoms with Crippen molar-refractivity contribution in [2.24, 2.45) is 0 Å². The monoisotopic (exact) mass is 586 g/mol. The molecule has 0 bridgehead atoms. The molecule has 0 aliphatic carbocycles. The highest BCUT2D eigenvalue weighted by atomic mass is 32.1. The van der Waals surface area contributed by atoms with E-state index in [4.69, 9.17) is 0 Å². The summed E-state index contributed by atoms with van der Waals surface area (Å²) in [7, 11) is 0. The van der Waals surface area contributed by atoms with Crippen molar-refractivity contribution < 1.29 is 0 Å². The van der Waals surface area contributed by atoms with Crippen molar-refractivity contribution in [2.75, 3.05) is 0 Å². The van der Waals surface area contributed by atoms with Crippen LogP contribution in [-0.4, -0.2) is 0 Å². The van der Waals surface area contributed by atoms with Crippen LogP contribution in [0, 0.1) is 0 Å². The number of rotatable bonds is 2. The van der Waals surface area contributed by atoms with Gasteiger partial charge in [-0.2, -0.15) is 0 Å². The van der Waals surface area contributed by atoms with Gasteiger partial charge in [-0.3, -0.25) is 0 Å². The molecule has 0 nitrogen and oxygen atoms in total. The van der Waals surface area contributed by atoms with Gasteiger partial charge in [0.1, 0.15) is 0 Å². The normalized spacial score (nSPS) is 12.0. The predicted octanol–water partition coefficient (Wildman–Crippen LogP) is 13.2. The Labute approximate surface area is 264 Å². The molecule has 0 aliphatic rings. The number of benzene rings is 9. The lowest BCUT2D eigenvalue weighted by molar-refractivity contribution is 1.63. The molecule has 1 aromatic heterocycles. The molecule has 0 atom stereocenters. The summed E-state index contributed by atoms with van der Waals surface area (Å²) < 4.78 is 2.67. The molecule has 1 heterocycles. The molecule has 0 radical (unpaired) electrons. The summed E-state index contributed by atoms with van der Waals surface area (Å²) in [6.07, 6.45) is 0. The standard InChI is InChI=1S/C44H26S/c1-4-16-35-31(13-1)32-14-2-6-18-37(32)44-39-26-28(23-24-34(39)33-15-3-5-17-36(33)43(35)44)27-11-9-12-29(25-27)30-20-10-22-41-42(30)38-19-7-8-21-40(38)45-41/h1-26H. The number of fused-ring (bicyclic) bond motifs is 14. The third-order valence-electron chi connectivity index (χ3n) is 9.62. The Morgan fingerprint density at radius 3 is 1.44 bits per heavy atom. The Morgan fingerprint density at radius 2 is 0.756 bits per heavy atom. The summed E-state index contributed by atoms with van der Waals surface area (Å²) in [5.41, 5.74) is 5.01. The van der Waals surface area contributed by atoms with Crippen molar-refractivity contribution in [3.63, 3.8) is 0 Å². The average Bonchev–Trinajstić information content (AvgIpc) is 3.50. The largest absolute Gasteiger partial charge is 0.135 e. The molecule has 9 aromatic carbocycles. The van der Waals surface area contributed by atoms with Crippen LogP contribution in [0.15, 0.2) is 158 Å². The van der Waals surface area contributed by atoms with Crippen LogP contribution in [-0.2, 0) is 0 Å². The van der Waals surface area contributed by atoms with Crippen molar-refractivity contribution in [3.05, 3.63) is 158 Å². The molecule has 1 heteroatoms. The molecule has 45 heavy (non-hydrogen) atoms. The molecule has 0 amide bonds. The second kappa shape index (κ2) is 9.50. The van der Waals surface area contributed by atoms with Crippen molar-refractivity contribution in [2.45, 2.75) is 0 Å². The van der Waals surface area contributed by atoms with E-state index in [0.29, 0.717) is 0 Å². The van der Waals surface area contributed by atoms with Gasteiger partial charge in [-0.05, 0) is 100 Å². The third-order valence-corrected chi connectivity index (χ3v) is 10.8. The van der Waals surface area contributed by atoms with Crippen LogP contribution >= 0.6 is 11.3 Å². The molecule has 0 saturated heterocycles. The van der Waals surface area contributed by atoms with Gasteiger partial charge in [0.15, 0.2) is 0 Å². The molecule has 0 aliphatic heterocycles. The van der Waals surface area contributed by atoms with E-state index in [1.54, 1.807) is 0 Å². The Hall–Kier alpha value is -5.50. The lowest BCUT2D eigenvalue weighted by Gasteiger charge is -2.17. The van der Waals surface area contributed by atoms with Crippen LogP contribution in [0.5, 0.6) is 0 Å². The lowest BCUT2D eigenvalue weighted by Crippen LogP contribution is -1.89. The van der Waals surface area contributed by atoms with Gasteiger partial charge in [0.25, 0.3) is 0 Å². The number of hydrogen-bond donors (Lipinski definition) is 0. The second-order valence-electron chi connectivity index (χ2n) is 12.0. The van der Waals surface area contributed by atoms with E-state index in [1.807, 2.05) is 11.3 Å². The van der Waals surface area contributed by atoms with E-state index in [1.165, 1.54) is 96.3 Å². The van der Waals surface area contributed by atoms with Gasteiger partial charge in [0.05, 0.1) is 0 Å². The fourth-order valence-corrected chi connectivity index (χ4v) is 8.82. The molecule has 10 aromatic rings. The van der Waals surface area contributed by atoms with Gasteiger partial charge >= 0.3 is 0 Å². The molecule has 0 spiro atoms. The van der Waals surface area contributed by atoms with Crippen LogP contribution in [0.2, 0.25) is 0 Å². The summed E-state index contributed by atoms with van der Waals surface area (Å²) in [6.45, 7) is 0. The van der Waals surface area contributed by atoms with E-state index < -0.39 is 0 Å². The Balaban J connectivity index is 1.28. The highest BCUT2D eigenvalue weighted by Gasteiger charge is 2.17. The number of thiophene rings is 1. The summed E-state index contributed by atoms with van der Waals surface area (Å²) in [5, 5.41) is 15.8. The maximum Gasteiger partial charge on any atom is 0.0361 e. The first kappa shape index (κ1) is 24.9. The van der Waals surface area contributed by atoms with Crippen molar-refractivity contribution in [1.82, 2.24) is 0 Å². The molecule has 0 fully saturated rings. The third kappa shape index (κ3) is 3.59. The average molecular weight is 587 g/mol. The fraction of sp³-hybridized carbons (Fsp3) is 0. The SMILES string of the molecule is c1cc(-c2ccc3c4ccccc4c4c5ccccc5c5ccccc5c4c3c2)cc(-c2cccc3sc4ccccc4c23)c1. The van der Waals surface area contributed by atoms with Gasteiger partial charge in [0, 0.05) is 20.2 Å². The van der Waals surface area contributed by atoms with E-state index in [-0.39, 0.29) is 0 Å². The maximum atomic E-state index is 2.44. The van der Waals surface area contributed by atoms with Crippen molar-refractivity contribution in [1.29, 1.82) is 0 Å². The first-order valence-corrected chi connectivity index (χ1v) is 16.3. The van der Waals surface area contributed by atoms with Crippen molar-refractivity contribution >= 4 is 85.4 Å². The second-order valence-corrected chi connectivity index (χ2v) is 13.1. The zero-order valence-corrected chi connectivity index (χ0v) is 25.2. The van der Waals surface area contributed by atoms with Gasteiger partial charge in [-0.25, -0.2) is 0 Å². The van der Waals surface area contributed by atoms with Gasteiger partial charge in [0.2, 0.25) is 0 Å². The van der Waals surface area contributed by atoms with Crippen LogP contribution in [0.25, 0.3) is 96.3 Å². The van der Waals surface area contributed by atoms with Gasteiger partial charge in [-0.15, -0.1) is 11.3 Å². The fourth-order valence-electron chi connectivity index (χ4n) is 7.68. The zero-order valence-electron chi connectivity index (χ0n) is 24.4. The predicted molar refractivity (Wildman–Crippen MR) is 198 cm³/mol. The molecular formula is C44H26S. The Bertz CT molecular complexity index is 2800. The minimum atomic E-state index is 1.23. The minimum absolute atomic E-state index is 1.23. The summed E-state index contributed by atoms with van der Waals surface area (Å²) in [4.78, 5) is 0. The topological polar surface area (TPSA) is 0 Å². The highest BCUT2D eigenvalue weighted by molar-refractivity contribution is 7.25. The summed E-state index contributed by atoms with van der Waals surface area (Å²) >= 11 is 1.88. The first-order chi connectivity index (χ1) is 22.3. The molecule has 0 unspecified atom stereocenters. The maximum absolute atomic E-state index is 2.44. The quantitative estimate of drug-likeness (QED) is 0.177. The molecule has 208 valence electrons. The van der Waals surface area contributed by atoms with Gasteiger partial charge in [-0.1, -0.05) is 133 Å². The van der Waals surface area contributed by atoms with Crippen LogP contribution < -0.4 is 0 Å². The summed E-state index contributed by atoms with van der Waals surface area (Å²) in [6, 6.07) is 58.4. The molecule has 0 N–H and O–H groups in total. The summed E-state index contributed by atoms with van der Waals surface area (Å²) in [5.74, 6) is 0. The molecular weight excluding hydrogens is 561 g/mol. The zero-order chi connectivity index (χ0) is 29.5. The smallest absolute Gasteiger partial charge is 0.0361 e. The Morgan fingerprint density at radius 1 is 0.267 bits per heavy atom. The van der Waals surface area contributed by atoms with Crippen LogP contribution in [0.1, 0.15) is 0 Å².